The highest BCUT2D eigenvalue weighted by molar-refractivity contribution is 5.63. The van der Waals surface area contributed by atoms with E-state index in [4.69, 9.17) is 10.3 Å². The summed E-state index contributed by atoms with van der Waals surface area (Å²) in [6.45, 7) is 2.10. The summed E-state index contributed by atoms with van der Waals surface area (Å²) in [5.41, 5.74) is 8.31. The summed E-state index contributed by atoms with van der Waals surface area (Å²) in [7, 11) is 0. The molecule has 0 amide bonds. The SMILES string of the molecule is CCc1ccc(-c2noc(-c3ccc(F)c(N)c3)n2)cc1. The zero-order valence-electron chi connectivity index (χ0n) is 11.5. The van der Waals surface area contributed by atoms with Crippen LogP contribution in [0.25, 0.3) is 22.8 Å². The number of hydrogen-bond donors (Lipinski definition) is 1. The van der Waals surface area contributed by atoms with Crippen molar-refractivity contribution in [3.05, 3.63) is 53.8 Å². The number of benzene rings is 2. The quantitative estimate of drug-likeness (QED) is 0.744. The highest BCUT2D eigenvalue weighted by Crippen LogP contribution is 2.25. The van der Waals surface area contributed by atoms with Gasteiger partial charge in [-0.05, 0) is 30.2 Å². The third-order valence-corrected chi connectivity index (χ3v) is 3.29. The molecule has 0 aliphatic carbocycles. The molecule has 4 nitrogen and oxygen atoms in total. The molecular weight excluding hydrogens is 269 g/mol. The lowest BCUT2D eigenvalue weighted by Crippen LogP contribution is -1.90. The summed E-state index contributed by atoms with van der Waals surface area (Å²) >= 11 is 0. The number of aromatic nitrogens is 2. The van der Waals surface area contributed by atoms with Gasteiger partial charge in [0.1, 0.15) is 5.82 Å². The van der Waals surface area contributed by atoms with E-state index < -0.39 is 5.82 Å². The molecule has 2 aromatic carbocycles. The van der Waals surface area contributed by atoms with Gasteiger partial charge in [0.25, 0.3) is 5.89 Å². The second-order valence-electron chi connectivity index (χ2n) is 4.71. The number of aryl methyl sites for hydroxylation is 1. The Bertz CT molecular complexity index is 765. The molecule has 0 radical (unpaired) electrons. The zero-order valence-corrected chi connectivity index (χ0v) is 11.5. The van der Waals surface area contributed by atoms with Crippen molar-refractivity contribution in [3.8, 4) is 22.8 Å². The first-order valence-electron chi connectivity index (χ1n) is 6.66. The van der Waals surface area contributed by atoms with Gasteiger partial charge in [-0.3, -0.25) is 0 Å². The third-order valence-electron chi connectivity index (χ3n) is 3.29. The molecule has 0 saturated heterocycles. The number of nitrogens with two attached hydrogens (primary N) is 1. The van der Waals surface area contributed by atoms with Gasteiger partial charge in [0, 0.05) is 11.1 Å². The van der Waals surface area contributed by atoms with Crippen LogP contribution in [0.1, 0.15) is 12.5 Å². The van der Waals surface area contributed by atoms with Crippen LogP contribution in [0.3, 0.4) is 0 Å². The number of hydrogen-bond acceptors (Lipinski definition) is 4. The van der Waals surface area contributed by atoms with Gasteiger partial charge >= 0.3 is 0 Å². The van der Waals surface area contributed by atoms with Gasteiger partial charge in [-0.15, -0.1) is 0 Å². The van der Waals surface area contributed by atoms with Gasteiger partial charge in [-0.1, -0.05) is 36.3 Å². The molecule has 1 aromatic heterocycles. The maximum Gasteiger partial charge on any atom is 0.258 e. The Morgan fingerprint density at radius 1 is 1.10 bits per heavy atom. The normalized spacial score (nSPS) is 10.8. The fourth-order valence-electron chi connectivity index (χ4n) is 2.02. The van der Waals surface area contributed by atoms with Crippen molar-refractivity contribution in [2.75, 3.05) is 5.73 Å². The van der Waals surface area contributed by atoms with Crippen LogP contribution in [-0.2, 0) is 6.42 Å². The van der Waals surface area contributed by atoms with Gasteiger partial charge in [0.05, 0.1) is 5.69 Å². The molecule has 3 aromatic rings. The number of halogens is 1. The van der Waals surface area contributed by atoms with Crippen LogP contribution in [0.15, 0.2) is 47.0 Å². The van der Waals surface area contributed by atoms with Crippen molar-refractivity contribution in [2.24, 2.45) is 0 Å². The van der Waals surface area contributed by atoms with Crippen LogP contribution in [0.2, 0.25) is 0 Å². The predicted octanol–water partition coefficient (Wildman–Crippen LogP) is 3.69. The Hall–Kier alpha value is -2.69. The lowest BCUT2D eigenvalue weighted by atomic mass is 10.1. The summed E-state index contributed by atoms with van der Waals surface area (Å²) in [6.07, 6.45) is 0.979. The average molecular weight is 283 g/mol. The third kappa shape index (κ3) is 2.63. The van der Waals surface area contributed by atoms with Gasteiger partial charge in [0.15, 0.2) is 0 Å². The second kappa shape index (κ2) is 5.36. The Kier molecular flexibility index (Phi) is 3.39. The van der Waals surface area contributed by atoms with Crippen LogP contribution in [-0.4, -0.2) is 10.1 Å². The second-order valence-corrected chi connectivity index (χ2v) is 4.71. The molecule has 0 aliphatic heterocycles. The first kappa shape index (κ1) is 13.3. The molecule has 0 fully saturated rings. The van der Waals surface area contributed by atoms with E-state index in [1.165, 1.54) is 17.7 Å². The van der Waals surface area contributed by atoms with Crippen molar-refractivity contribution >= 4 is 5.69 Å². The van der Waals surface area contributed by atoms with Gasteiger partial charge in [-0.25, -0.2) is 4.39 Å². The minimum atomic E-state index is -0.464. The molecule has 106 valence electrons. The minimum Gasteiger partial charge on any atom is -0.396 e. The van der Waals surface area contributed by atoms with E-state index in [0.717, 1.165) is 12.0 Å². The molecule has 2 N–H and O–H groups in total. The highest BCUT2D eigenvalue weighted by atomic mass is 19.1. The van der Waals surface area contributed by atoms with Crippen molar-refractivity contribution in [3.63, 3.8) is 0 Å². The van der Waals surface area contributed by atoms with E-state index in [2.05, 4.69) is 17.1 Å². The van der Waals surface area contributed by atoms with Crippen LogP contribution < -0.4 is 5.73 Å². The molecule has 0 spiro atoms. The van der Waals surface area contributed by atoms with E-state index in [1.807, 2.05) is 24.3 Å². The van der Waals surface area contributed by atoms with Gasteiger partial charge < -0.3 is 10.3 Å². The van der Waals surface area contributed by atoms with Crippen molar-refractivity contribution in [1.29, 1.82) is 0 Å². The maximum absolute atomic E-state index is 13.2. The van der Waals surface area contributed by atoms with Crippen LogP contribution in [0.5, 0.6) is 0 Å². The monoisotopic (exact) mass is 283 g/mol. The number of nitrogens with zero attached hydrogens (tertiary/aromatic N) is 2. The maximum atomic E-state index is 13.2. The average Bonchev–Trinajstić information content (AvgIpc) is 3.00. The Morgan fingerprint density at radius 2 is 1.81 bits per heavy atom. The van der Waals surface area contributed by atoms with E-state index in [1.54, 1.807) is 6.07 Å². The first-order valence-corrected chi connectivity index (χ1v) is 6.66. The summed E-state index contributed by atoms with van der Waals surface area (Å²) in [4.78, 5) is 4.32. The zero-order chi connectivity index (χ0) is 14.8. The largest absolute Gasteiger partial charge is 0.396 e. The van der Waals surface area contributed by atoms with Crippen LogP contribution >= 0.6 is 0 Å². The summed E-state index contributed by atoms with van der Waals surface area (Å²) in [6, 6.07) is 12.3. The number of anilines is 1. The molecule has 5 heteroatoms. The fraction of sp³-hybridized carbons (Fsp3) is 0.125. The van der Waals surface area contributed by atoms with Gasteiger partial charge in [0.2, 0.25) is 5.82 Å². The van der Waals surface area contributed by atoms with E-state index in [-0.39, 0.29) is 5.69 Å². The molecule has 0 atom stereocenters. The summed E-state index contributed by atoms with van der Waals surface area (Å²) < 4.78 is 18.4. The highest BCUT2D eigenvalue weighted by Gasteiger charge is 2.11. The lowest BCUT2D eigenvalue weighted by Gasteiger charge is -1.98. The van der Waals surface area contributed by atoms with E-state index >= 15 is 0 Å². The lowest BCUT2D eigenvalue weighted by molar-refractivity contribution is 0.432. The minimum absolute atomic E-state index is 0.0551. The predicted molar refractivity (Wildman–Crippen MR) is 78.9 cm³/mol. The smallest absolute Gasteiger partial charge is 0.258 e. The molecule has 0 unspecified atom stereocenters. The van der Waals surface area contributed by atoms with Crippen LogP contribution in [0.4, 0.5) is 10.1 Å². The Balaban J connectivity index is 1.93. The topological polar surface area (TPSA) is 64.9 Å². The number of rotatable bonds is 3. The fourth-order valence-corrected chi connectivity index (χ4v) is 2.02. The molecule has 3 rings (SSSR count). The van der Waals surface area contributed by atoms with Crippen LogP contribution in [0, 0.1) is 5.82 Å². The Labute approximate surface area is 121 Å². The molecule has 1 heterocycles. The van der Waals surface area contributed by atoms with E-state index in [9.17, 15) is 4.39 Å². The van der Waals surface area contributed by atoms with Gasteiger partial charge in [-0.2, -0.15) is 4.98 Å². The molecule has 0 aliphatic rings. The standard InChI is InChI=1S/C16H14FN3O/c1-2-10-3-5-11(6-4-10)15-19-16(21-20-15)12-7-8-13(17)14(18)9-12/h3-9H,2,18H2,1H3. The number of nitrogen functional groups attached to an aromatic ring is 1. The van der Waals surface area contributed by atoms with Crippen molar-refractivity contribution in [1.82, 2.24) is 10.1 Å². The Morgan fingerprint density at radius 3 is 2.48 bits per heavy atom. The first-order chi connectivity index (χ1) is 10.2. The molecule has 0 saturated carbocycles. The summed E-state index contributed by atoms with van der Waals surface area (Å²) in [5.74, 6) is 0.348. The molecular formula is C16H14FN3O. The molecule has 0 bridgehead atoms. The van der Waals surface area contributed by atoms with Crippen molar-refractivity contribution < 1.29 is 8.91 Å². The summed E-state index contributed by atoms with van der Waals surface area (Å²) in [5, 5.41) is 3.95. The van der Waals surface area contributed by atoms with E-state index in [0.29, 0.717) is 17.3 Å². The molecule has 21 heavy (non-hydrogen) atoms. The van der Waals surface area contributed by atoms with Crippen molar-refractivity contribution in [2.45, 2.75) is 13.3 Å².